The lowest BCUT2D eigenvalue weighted by molar-refractivity contribution is -0.131. The number of aliphatic hydroxyl groups is 1. The minimum atomic E-state index is -0.852. The van der Waals surface area contributed by atoms with Crippen LogP contribution in [0.3, 0.4) is 0 Å². The summed E-state index contributed by atoms with van der Waals surface area (Å²) in [5.74, 6) is 0.0281. The van der Waals surface area contributed by atoms with Crippen molar-refractivity contribution in [2.75, 3.05) is 26.8 Å². The molecule has 0 saturated carbocycles. The number of amides is 1. The lowest BCUT2D eigenvalue weighted by Gasteiger charge is -2.35. The van der Waals surface area contributed by atoms with Crippen molar-refractivity contribution >= 4 is 12.0 Å². The number of likely N-dealkylation sites (N-methyl/N-ethyl adjacent to an activating group) is 1. The second-order valence-electron chi connectivity index (χ2n) is 5.46. The van der Waals surface area contributed by atoms with Crippen molar-refractivity contribution < 1.29 is 19.7 Å². The summed E-state index contributed by atoms with van der Waals surface area (Å²) in [4.78, 5) is 13.6. The van der Waals surface area contributed by atoms with Crippen molar-refractivity contribution in [1.82, 2.24) is 4.90 Å². The zero-order valence-electron chi connectivity index (χ0n) is 12.2. The van der Waals surface area contributed by atoms with Crippen LogP contribution in [0.25, 0.3) is 6.08 Å². The molecule has 0 aliphatic carbocycles. The van der Waals surface area contributed by atoms with Gasteiger partial charge in [-0.15, -0.1) is 0 Å². The van der Waals surface area contributed by atoms with Gasteiger partial charge in [-0.1, -0.05) is 12.1 Å². The van der Waals surface area contributed by atoms with Crippen molar-refractivity contribution in [1.29, 1.82) is 0 Å². The number of ether oxygens (including phenoxy) is 1. The summed E-state index contributed by atoms with van der Waals surface area (Å²) in [5, 5.41) is 19.6. The summed E-state index contributed by atoms with van der Waals surface area (Å²) in [6.45, 7) is 1.36. The fourth-order valence-electron chi connectivity index (χ4n) is 2.31. The number of phenols is 1. The van der Waals surface area contributed by atoms with Gasteiger partial charge in [0.2, 0.25) is 5.91 Å². The quantitative estimate of drug-likeness (QED) is 0.823. The third-order valence-corrected chi connectivity index (χ3v) is 3.64. The zero-order chi connectivity index (χ0) is 15.3. The first kappa shape index (κ1) is 15.5. The maximum absolute atomic E-state index is 12.0. The van der Waals surface area contributed by atoms with Crippen LogP contribution < -0.4 is 0 Å². The molecule has 2 rings (SSSR count). The number of nitrogens with zero attached hydrogens (tertiary/aromatic N) is 1. The molecule has 0 unspecified atom stereocenters. The van der Waals surface area contributed by atoms with E-state index in [0.29, 0.717) is 32.6 Å². The summed E-state index contributed by atoms with van der Waals surface area (Å²) in [6.07, 6.45) is 4.25. The highest BCUT2D eigenvalue weighted by atomic mass is 16.5. The van der Waals surface area contributed by atoms with E-state index < -0.39 is 5.60 Å². The fraction of sp³-hybridized carbons (Fsp3) is 0.438. The minimum Gasteiger partial charge on any atom is -0.508 e. The molecule has 21 heavy (non-hydrogen) atoms. The van der Waals surface area contributed by atoms with Gasteiger partial charge in [-0.05, 0) is 23.8 Å². The molecule has 1 heterocycles. The van der Waals surface area contributed by atoms with Crippen LogP contribution in [0.15, 0.2) is 30.3 Å². The summed E-state index contributed by atoms with van der Waals surface area (Å²) >= 11 is 0. The van der Waals surface area contributed by atoms with Gasteiger partial charge in [0.05, 0.1) is 5.60 Å². The van der Waals surface area contributed by atoms with Crippen molar-refractivity contribution in [2.24, 2.45) is 0 Å². The molecular formula is C16H21NO4. The van der Waals surface area contributed by atoms with Crippen molar-refractivity contribution in [3.05, 3.63) is 35.9 Å². The third kappa shape index (κ3) is 4.58. The molecule has 1 aliphatic heterocycles. The van der Waals surface area contributed by atoms with E-state index in [1.165, 1.54) is 11.0 Å². The van der Waals surface area contributed by atoms with Gasteiger partial charge in [0.15, 0.2) is 0 Å². The molecule has 114 valence electrons. The normalized spacial score (nSPS) is 17.8. The zero-order valence-corrected chi connectivity index (χ0v) is 12.2. The largest absolute Gasteiger partial charge is 0.508 e. The van der Waals surface area contributed by atoms with Gasteiger partial charge in [0.1, 0.15) is 5.75 Å². The van der Waals surface area contributed by atoms with Gasteiger partial charge in [0, 0.05) is 45.7 Å². The van der Waals surface area contributed by atoms with E-state index in [0.717, 1.165) is 5.56 Å². The number of hydrogen-bond donors (Lipinski definition) is 2. The Labute approximate surface area is 124 Å². The lowest BCUT2D eigenvalue weighted by Crippen LogP contribution is -2.47. The number of carbonyl (C=O) groups is 1. The van der Waals surface area contributed by atoms with Crippen LogP contribution in [-0.2, 0) is 9.53 Å². The molecule has 1 saturated heterocycles. The predicted molar refractivity (Wildman–Crippen MR) is 79.8 cm³/mol. The molecule has 0 radical (unpaired) electrons. The molecule has 0 aromatic heterocycles. The molecule has 0 bridgehead atoms. The van der Waals surface area contributed by atoms with Gasteiger partial charge in [0.25, 0.3) is 0 Å². The highest BCUT2D eigenvalue weighted by Gasteiger charge is 2.31. The average molecular weight is 291 g/mol. The Hall–Kier alpha value is -1.85. The first-order chi connectivity index (χ1) is 9.98. The van der Waals surface area contributed by atoms with Crippen LogP contribution in [-0.4, -0.2) is 53.4 Å². The highest BCUT2D eigenvalue weighted by Crippen LogP contribution is 2.21. The molecule has 5 nitrogen and oxygen atoms in total. The monoisotopic (exact) mass is 291 g/mol. The van der Waals surface area contributed by atoms with E-state index in [1.807, 2.05) is 0 Å². The smallest absolute Gasteiger partial charge is 0.246 e. The number of rotatable bonds is 4. The second kappa shape index (κ2) is 6.74. The van der Waals surface area contributed by atoms with E-state index in [1.54, 1.807) is 37.4 Å². The van der Waals surface area contributed by atoms with Crippen molar-refractivity contribution in [3.8, 4) is 5.75 Å². The first-order valence-electron chi connectivity index (χ1n) is 7.01. The molecule has 1 aliphatic rings. The molecule has 1 aromatic rings. The SMILES string of the molecule is CN(CC1(O)CCOCC1)C(=O)/C=C/c1ccc(O)cc1. The Kier molecular flexibility index (Phi) is 4.98. The Morgan fingerprint density at radius 3 is 2.57 bits per heavy atom. The summed E-state index contributed by atoms with van der Waals surface area (Å²) in [5.41, 5.74) is -0.0194. The van der Waals surface area contributed by atoms with Crippen LogP contribution in [0.4, 0.5) is 0 Å². The molecule has 2 N–H and O–H groups in total. The average Bonchev–Trinajstić information content (AvgIpc) is 2.46. The maximum Gasteiger partial charge on any atom is 0.246 e. The summed E-state index contributed by atoms with van der Waals surface area (Å²) in [7, 11) is 1.68. The fourth-order valence-corrected chi connectivity index (χ4v) is 2.31. The molecule has 0 spiro atoms. The molecule has 1 aromatic carbocycles. The van der Waals surface area contributed by atoms with Crippen LogP contribution in [0.5, 0.6) is 5.75 Å². The van der Waals surface area contributed by atoms with E-state index in [4.69, 9.17) is 4.74 Å². The number of benzene rings is 1. The van der Waals surface area contributed by atoms with E-state index >= 15 is 0 Å². The summed E-state index contributed by atoms with van der Waals surface area (Å²) in [6, 6.07) is 6.59. The Bertz CT molecular complexity index is 504. The Morgan fingerprint density at radius 1 is 1.33 bits per heavy atom. The van der Waals surface area contributed by atoms with Gasteiger partial charge in [-0.3, -0.25) is 4.79 Å². The molecule has 1 amide bonds. The van der Waals surface area contributed by atoms with Crippen LogP contribution >= 0.6 is 0 Å². The molecule has 5 heteroatoms. The number of hydrogen-bond acceptors (Lipinski definition) is 4. The highest BCUT2D eigenvalue weighted by molar-refractivity contribution is 5.91. The molecule has 1 fully saturated rings. The van der Waals surface area contributed by atoms with Gasteiger partial charge < -0.3 is 19.8 Å². The minimum absolute atomic E-state index is 0.164. The van der Waals surface area contributed by atoms with Gasteiger partial charge >= 0.3 is 0 Å². The van der Waals surface area contributed by atoms with Gasteiger partial charge in [-0.2, -0.15) is 0 Å². The Balaban J connectivity index is 1.91. The standard InChI is InChI=1S/C16H21NO4/c1-17(12-16(20)8-10-21-11-9-16)15(19)7-4-13-2-5-14(18)6-3-13/h2-7,18,20H,8-12H2,1H3/b7-4+. The maximum atomic E-state index is 12.0. The molecule has 0 atom stereocenters. The Morgan fingerprint density at radius 2 is 1.95 bits per heavy atom. The number of aromatic hydroxyl groups is 1. The molecular weight excluding hydrogens is 270 g/mol. The number of phenolic OH excluding ortho intramolecular Hbond substituents is 1. The second-order valence-corrected chi connectivity index (χ2v) is 5.46. The van der Waals surface area contributed by atoms with Crippen molar-refractivity contribution in [2.45, 2.75) is 18.4 Å². The predicted octanol–water partition coefficient (Wildman–Crippen LogP) is 1.41. The number of carbonyl (C=O) groups excluding carboxylic acids is 1. The van der Waals surface area contributed by atoms with Crippen molar-refractivity contribution in [3.63, 3.8) is 0 Å². The summed E-state index contributed by atoms with van der Waals surface area (Å²) < 4.78 is 5.22. The van der Waals surface area contributed by atoms with Crippen LogP contribution in [0.1, 0.15) is 18.4 Å². The first-order valence-corrected chi connectivity index (χ1v) is 7.01. The van der Waals surface area contributed by atoms with E-state index in [-0.39, 0.29) is 11.7 Å². The van der Waals surface area contributed by atoms with Gasteiger partial charge in [-0.25, -0.2) is 0 Å². The van der Waals surface area contributed by atoms with Crippen LogP contribution in [0.2, 0.25) is 0 Å². The van der Waals surface area contributed by atoms with Crippen LogP contribution in [0, 0.1) is 0 Å². The van der Waals surface area contributed by atoms with E-state index in [2.05, 4.69) is 0 Å². The topological polar surface area (TPSA) is 70.0 Å². The third-order valence-electron chi connectivity index (χ3n) is 3.64. The van der Waals surface area contributed by atoms with E-state index in [9.17, 15) is 15.0 Å². The lowest BCUT2D eigenvalue weighted by atomic mass is 9.94.